The number of piperazine rings is 1. The highest BCUT2D eigenvalue weighted by atomic mass is 19.4. The number of carbonyl (C=O) groups excluding carboxylic acids is 1. The highest BCUT2D eigenvalue weighted by molar-refractivity contribution is 5.85. The number of hydrogen-bond donors (Lipinski definition) is 2. The highest BCUT2D eigenvalue weighted by Crippen LogP contribution is 2.48. The first-order valence-corrected chi connectivity index (χ1v) is 12.4. The van der Waals surface area contributed by atoms with Crippen LogP contribution in [0.25, 0.3) is 0 Å². The molecule has 2 saturated heterocycles. The maximum Gasteiger partial charge on any atom is 0.433 e. The fourth-order valence-electron chi connectivity index (χ4n) is 5.70. The van der Waals surface area contributed by atoms with Crippen molar-refractivity contribution in [2.45, 2.75) is 70.3 Å². The monoisotopic (exact) mass is 499 g/mol. The van der Waals surface area contributed by atoms with Crippen molar-refractivity contribution < 1.29 is 27.8 Å². The molecule has 3 heterocycles. The van der Waals surface area contributed by atoms with Crippen LogP contribution in [0, 0.1) is 11.3 Å². The minimum atomic E-state index is -4.54. The molecule has 0 spiro atoms. The molecule has 35 heavy (non-hydrogen) atoms. The van der Waals surface area contributed by atoms with Crippen LogP contribution in [0.3, 0.4) is 0 Å². The molecular weight excluding hydrogens is 463 g/mol. The molecule has 1 unspecified atom stereocenters. The average molecular weight is 500 g/mol. The van der Waals surface area contributed by atoms with E-state index in [2.05, 4.69) is 22.2 Å². The number of hydrogen-bond acceptors (Lipinski definition) is 7. The van der Waals surface area contributed by atoms with Crippen molar-refractivity contribution >= 4 is 11.9 Å². The average Bonchev–Trinajstić information content (AvgIpc) is 3.25. The van der Waals surface area contributed by atoms with Gasteiger partial charge >= 0.3 is 6.18 Å². The Kier molecular flexibility index (Phi) is 7.32. The zero-order chi connectivity index (χ0) is 25.4. The van der Waals surface area contributed by atoms with Crippen LogP contribution in [0.15, 0.2) is 12.3 Å². The summed E-state index contributed by atoms with van der Waals surface area (Å²) in [6.45, 7) is 8.36. The molecule has 0 radical (unpaired) electrons. The van der Waals surface area contributed by atoms with Crippen LogP contribution in [0.4, 0.5) is 19.1 Å². The van der Waals surface area contributed by atoms with Gasteiger partial charge in [0.2, 0.25) is 11.9 Å². The Morgan fingerprint density at radius 3 is 2.57 bits per heavy atom. The molecule has 0 aromatic carbocycles. The Bertz CT molecular complexity index is 901. The second kappa shape index (κ2) is 9.82. The van der Waals surface area contributed by atoms with Gasteiger partial charge in [-0.15, -0.1) is 0 Å². The molecule has 0 bridgehead atoms. The van der Waals surface area contributed by atoms with E-state index in [0.717, 1.165) is 38.3 Å². The van der Waals surface area contributed by atoms with Gasteiger partial charge in [0.1, 0.15) is 5.69 Å². The first-order valence-electron chi connectivity index (χ1n) is 12.4. The number of nitrogens with one attached hydrogen (secondary N) is 1. The Morgan fingerprint density at radius 1 is 1.23 bits per heavy atom. The van der Waals surface area contributed by atoms with Crippen molar-refractivity contribution in [3.63, 3.8) is 0 Å². The van der Waals surface area contributed by atoms with E-state index in [1.807, 2.05) is 0 Å². The molecule has 11 heteroatoms. The number of ether oxygens (including phenoxy) is 1. The summed E-state index contributed by atoms with van der Waals surface area (Å²) in [4.78, 5) is 24.9. The number of aromatic nitrogens is 2. The summed E-state index contributed by atoms with van der Waals surface area (Å²) in [6, 6.07) is 1.32. The van der Waals surface area contributed by atoms with Crippen molar-refractivity contribution in [3.05, 3.63) is 18.0 Å². The Labute approximate surface area is 204 Å². The van der Waals surface area contributed by atoms with E-state index in [4.69, 9.17) is 4.74 Å². The van der Waals surface area contributed by atoms with Crippen molar-refractivity contribution in [2.24, 2.45) is 11.3 Å². The quantitative estimate of drug-likeness (QED) is 0.643. The summed E-state index contributed by atoms with van der Waals surface area (Å²) < 4.78 is 44.6. The summed E-state index contributed by atoms with van der Waals surface area (Å²) in [5.74, 6) is 0.321. The standard InChI is InChI=1S/C24H36F3N5O3/c1-16-15-35-13-6-18(16)29-17-4-7-23(14-17,22(2,3)34)20(33)31-9-11-32(12-10-31)21-28-8-5-19(30-21)24(25,26)27/h5,8,16-18,29,34H,4,6-7,9-15H2,1-3H3/t16?,17-,18-,23-/m1/s1. The summed E-state index contributed by atoms with van der Waals surface area (Å²) in [5, 5.41) is 14.9. The van der Waals surface area contributed by atoms with Gasteiger partial charge in [-0.25, -0.2) is 9.97 Å². The lowest BCUT2D eigenvalue weighted by Gasteiger charge is -2.45. The number of amides is 1. The molecule has 196 valence electrons. The SMILES string of the molecule is CC1COCC[C@H]1N[C@@H]1CC[C@@](C(=O)N2CCN(c3nccc(C(F)(F)F)n3)CC2)(C(C)(C)O)C1. The van der Waals surface area contributed by atoms with Gasteiger partial charge in [0.15, 0.2) is 0 Å². The normalized spacial score (nSPS) is 30.5. The molecule has 1 amide bonds. The number of halogens is 3. The van der Waals surface area contributed by atoms with Crippen LogP contribution in [0.2, 0.25) is 0 Å². The molecule has 3 fully saturated rings. The van der Waals surface area contributed by atoms with Crippen LogP contribution in [0.1, 0.15) is 52.1 Å². The summed E-state index contributed by atoms with van der Waals surface area (Å²) in [6.07, 6.45) is -0.558. The Balaban J connectivity index is 1.42. The fraction of sp³-hybridized carbons (Fsp3) is 0.792. The molecule has 8 nitrogen and oxygen atoms in total. The summed E-state index contributed by atoms with van der Waals surface area (Å²) in [5.41, 5.74) is -3.10. The molecule has 4 atom stereocenters. The van der Waals surface area contributed by atoms with Crippen LogP contribution in [0.5, 0.6) is 0 Å². The lowest BCUT2D eigenvalue weighted by atomic mass is 9.70. The van der Waals surface area contributed by atoms with E-state index in [0.29, 0.717) is 51.0 Å². The zero-order valence-electron chi connectivity index (χ0n) is 20.6. The third kappa shape index (κ3) is 5.41. The predicted octanol–water partition coefficient (Wildman–Crippen LogP) is 2.47. The van der Waals surface area contributed by atoms with Crippen LogP contribution in [-0.4, -0.2) is 83.0 Å². The molecule has 4 rings (SSSR count). The van der Waals surface area contributed by atoms with Crippen molar-refractivity contribution in [3.8, 4) is 0 Å². The number of aliphatic hydroxyl groups is 1. The molecule has 2 aliphatic heterocycles. The molecule has 1 saturated carbocycles. The van der Waals surface area contributed by atoms with Gasteiger partial charge in [-0.3, -0.25) is 4.79 Å². The van der Waals surface area contributed by atoms with Crippen molar-refractivity contribution in [1.82, 2.24) is 20.2 Å². The summed E-state index contributed by atoms with van der Waals surface area (Å²) >= 11 is 0. The van der Waals surface area contributed by atoms with Gasteiger partial charge in [0.05, 0.1) is 17.6 Å². The minimum Gasteiger partial charge on any atom is -0.389 e. The van der Waals surface area contributed by atoms with Gasteiger partial charge in [0.25, 0.3) is 0 Å². The van der Waals surface area contributed by atoms with Gasteiger partial charge in [-0.05, 0) is 51.5 Å². The predicted molar refractivity (Wildman–Crippen MR) is 124 cm³/mol. The molecule has 1 aromatic heterocycles. The highest BCUT2D eigenvalue weighted by Gasteiger charge is 2.56. The molecule has 1 aliphatic carbocycles. The number of rotatable bonds is 5. The number of nitrogens with zero attached hydrogens (tertiary/aromatic N) is 4. The fourth-order valence-corrected chi connectivity index (χ4v) is 5.70. The van der Waals surface area contributed by atoms with Crippen molar-refractivity contribution in [1.29, 1.82) is 0 Å². The third-order valence-corrected chi connectivity index (χ3v) is 7.97. The van der Waals surface area contributed by atoms with E-state index in [1.54, 1.807) is 23.6 Å². The first-order chi connectivity index (χ1) is 16.4. The molecule has 3 aliphatic rings. The van der Waals surface area contributed by atoms with Gasteiger partial charge in [0, 0.05) is 51.1 Å². The van der Waals surface area contributed by atoms with Crippen LogP contribution in [-0.2, 0) is 15.7 Å². The second-order valence-corrected chi connectivity index (χ2v) is 10.7. The Hall–Kier alpha value is -1.98. The topological polar surface area (TPSA) is 90.8 Å². The summed E-state index contributed by atoms with van der Waals surface area (Å²) in [7, 11) is 0. The van der Waals surface area contributed by atoms with Gasteiger partial charge in [-0.2, -0.15) is 13.2 Å². The maximum atomic E-state index is 13.8. The lowest BCUT2D eigenvalue weighted by molar-refractivity contribution is -0.158. The van der Waals surface area contributed by atoms with Gasteiger partial charge < -0.3 is 25.0 Å². The van der Waals surface area contributed by atoms with E-state index >= 15 is 0 Å². The first kappa shape index (κ1) is 26.1. The maximum absolute atomic E-state index is 13.8. The van der Waals surface area contributed by atoms with Gasteiger partial charge in [-0.1, -0.05) is 6.92 Å². The molecular formula is C24H36F3N5O3. The second-order valence-electron chi connectivity index (χ2n) is 10.7. The minimum absolute atomic E-state index is 0.0137. The van der Waals surface area contributed by atoms with Crippen molar-refractivity contribution in [2.75, 3.05) is 44.3 Å². The third-order valence-electron chi connectivity index (χ3n) is 7.97. The molecule has 1 aromatic rings. The largest absolute Gasteiger partial charge is 0.433 e. The van der Waals surface area contributed by atoms with E-state index in [9.17, 15) is 23.1 Å². The van der Waals surface area contributed by atoms with E-state index in [-0.39, 0.29) is 17.9 Å². The smallest absolute Gasteiger partial charge is 0.389 e. The van der Waals surface area contributed by atoms with Crippen LogP contribution >= 0.6 is 0 Å². The number of anilines is 1. The molecule has 2 N–H and O–H groups in total. The van der Waals surface area contributed by atoms with E-state index < -0.39 is 22.9 Å². The van der Waals surface area contributed by atoms with Crippen LogP contribution < -0.4 is 10.2 Å². The Morgan fingerprint density at radius 2 is 1.94 bits per heavy atom. The number of carbonyl (C=O) groups is 1. The zero-order valence-corrected chi connectivity index (χ0v) is 20.6. The number of alkyl halides is 3. The van der Waals surface area contributed by atoms with E-state index in [1.165, 1.54) is 0 Å². The lowest BCUT2D eigenvalue weighted by Crippen LogP contribution is -2.59.